The molecule has 0 spiro atoms. The van der Waals surface area contributed by atoms with E-state index in [1.165, 1.54) is 0 Å². The lowest BCUT2D eigenvalue weighted by Gasteiger charge is -2.12. The predicted octanol–water partition coefficient (Wildman–Crippen LogP) is 2.16. The molecule has 2 heteroatoms. The third-order valence-electron chi connectivity index (χ3n) is 2.32. The van der Waals surface area contributed by atoms with E-state index in [1.54, 1.807) is 12.4 Å². The summed E-state index contributed by atoms with van der Waals surface area (Å²) in [6, 6.07) is 0. The fourth-order valence-electron chi connectivity index (χ4n) is 1.21. The predicted molar refractivity (Wildman–Crippen MR) is 55.3 cm³/mol. The van der Waals surface area contributed by atoms with Crippen LogP contribution in [0.25, 0.3) is 0 Å². The fourth-order valence-corrected chi connectivity index (χ4v) is 1.21. The molecule has 0 amide bonds. The summed E-state index contributed by atoms with van der Waals surface area (Å²) in [6.07, 6.45) is 9.75. The highest BCUT2D eigenvalue weighted by molar-refractivity contribution is 5.59. The van der Waals surface area contributed by atoms with Crippen LogP contribution in [-0.2, 0) is 0 Å². The van der Waals surface area contributed by atoms with E-state index in [9.17, 15) is 0 Å². The van der Waals surface area contributed by atoms with Gasteiger partial charge >= 0.3 is 0 Å². The van der Waals surface area contributed by atoms with Crippen molar-refractivity contribution in [2.45, 2.75) is 26.2 Å². The van der Waals surface area contributed by atoms with Gasteiger partial charge in [-0.25, -0.2) is 0 Å². The Balaban J connectivity index is 3.17. The minimum atomic E-state index is 0.417. The molecule has 0 fully saturated rings. The van der Waals surface area contributed by atoms with Crippen LogP contribution in [-0.4, -0.2) is 4.98 Å². The fraction of sp³-hybridized carbons (Fsp3) is 0.364. The van der Waals surface area contributed by atoms with Crippen LogP contribution in [0.5, 0.6) is 0 Å². The van der Waals surface area contributed by atoms with E-state index in [0.29, 0.717) is 17.2 Å². The third kappa shape index (κ3) is 1.81. The van der Waals surface area contributed by atoms with Crippen LogP contribution >= 0.6 is 0 Å². The first-order valence-electron chi connectivity index (χ1n) is 4.40. The molecule has 68 valence electrons. The van der Waals surface area contributed by atoms with Crippen molar-refractivity contribution in [1.82, 2.24) is 4.98 Å². The number of anilines is 1. The normalized spacial score (nSPS) is 12.1. The van der Waals surface area contributed by atoms with Crippen LogP contribution in [0.3, 0.4) is 0 Å². The van der Waals surface area contributed by atoms with Crippen LogP contribution in [0, 0.1) is 12.3 Å². The Morgan fingerprint density at radius 1 is 1.62 bits per heavy atom. The minimum absolute atomic E-state index is 0.417. The SMILES string of the molecule is C#Cc1cncc(C(C)CC)c1N. The standard InChI is InChI=1S/C11H14N2/c1-4-8(3)10-7-13-6-9(5-2)11(10)12/h2,6-8H,4H2,1,3H3,(H2,12,13). The van der Waals surface area contributed by atoms with Crippen molar-refractivity contribution in [1.29, 1.82) is 0 Å². The number of aromatic nitrogens is 1. The van der Waals surface area contributed by atoms with E-state index >= 15 is 0 Å². The smallest absolute Gasteiger partial charge is 0.0658 e. The number of pyridine rings is 1. The first-order valence-corrected chi connectivity index (χ1v) is 4.40. The average molecular weight is 174 g/mol. The number of rotatable bonds is 2. The van der Waals surface area contributed by atoms with Gasteiger partial charge in [0.1, 0.15) is 0 Å². The Hall–Kier alpha value is -1.49. The monoisotopic (exact) mass is 174 g/mol. The number of nitrogens with two attached hydrogens (primary N) is 1. The lowest BCUT2D eigenvalue weighted by molar-refractivity contribution is 0.732. The van der Waals surface area contributed by atoms with Crippen molar-refractivity contribution in [3.63, 3.8) is 0 Å². The molecule has 0 aromatic carbocycles. The molecule has 2 nitrogen and oxygen atoms in total. The maximum absolute atomic E-state index is 5.89. The van der Waals surface area contributed by atoms with Crippen molar-refractivity contribution in [3.05, 3.63) is 23.5 Å². The molecule has 0 aliphatic carbocycles. The summed E-state index contributed by atoms with van der Waals surface area (Å²) in [5.74, 6) is 2.94. The van der Waals surface area contributed by atoms with Gasteiger partial charge in [0.25, 0.3) is 0 Å². The van der Waals surface area contributed by atoms with Gasteiger partial charge < -0.3 is 5.73 Å². The molecule has 0 aliphatic heterocycles. The highest BCUT2D eigenvalue weighted by atomic mass is 14.7. The van der Waals surface area contributed by atoms with E-state index in [1.807, 2.05) is 0 Å². The summed E-state index contributed by atoms with van der Waals surface area (Å²) in [4.78, 5) is 4.06. The number of terminal acetylenes is 1. The van der Waals surface area contributed by atoms with Gasteiger partial charge in [0.05, 0.1) is 11.3 Å². The van der Waals surface area contributed by atoms with E-state index < -0.39 is 0 Å². The zero-order valence-corrected chi connectivity index (χ0v) is 8.04. The second kappa shape index (κ2) is 3.95. The van der Waals surface area contributed by atoms with Crippen LogP contribution in [0.4, 0.5) is 5.69 Å². The van der Waals surface area contributed by atoms with Gasteiger partial charge in [-0.2, -0.15) is 0 Å². The van der Waals surface area contributed by atoms with Gasteiger partial charge in [-0.1, -0.05) is 19.8 Å². The zero-order valence-electron chi connectivity index (χ0n) is 8.04. The number of nitrogen functional groups attached to an aromatic ring is 1. The van der Waals surface area contributed by atoms with Gasteiger partial charge in [0, 0.05) is 12.4 Å². The lowest BCUT2D eigenvalue weighted by Crippen LogP contribution is -2.02. The van der Waals surface area contributed by atoms with Gasteiger partial charge in [-0.05, 0) is 17.9 Å². The van der Waals surface area contributed by atoms with E-state index in [2.05, 4.69) is 24.8 Å². The molecule has 2 N–H and O–H groups in total. The molecule has 1 aromatic rings. The number of hydrogen-bond acceptors (Lipinski definition) is 2. The van der Waals surface area contributed by atoms with Crippen LogP contribution in [0.2, 0.25) is 0 Å². The average Bonchev–Trinajstić information content (AvgIpc) is 2.17. The summed E-state index contributed by atoms with van der Waals surface area (Å²) in [5, 5.41) is 0. The molecule has 1 aromatic heterocycles. The van der Waals surface area contributed by atoms with Crippen LogP contribution < -0.4 is 5.73 Å². The van der Waals surface area contributed by atoms with Crippen molar-refractivity contribution in [2.75, 3.05) is 5.73 Å². The molecule has 1 unspecified atom stereocenters. The van der Waals surface area contributed by atoms with Crippen molar-refractivity contribution in [2.24, 2.45) is 0 Å². The molecular formula is C11H14N2. The number of nitrogens with zero attached hydrogens (tertiary/aromatic N) is 1. The zero-order chi connectivity index (χ0) is 9.84. The van der Waals surface area contributed by atoms with Gasteiger partial charge in [-0.15, -0.1) is 6.42 Å². The van der Waals surface area contributed by atoms with Crippen molar-refractivity contribution in [3.8, 4) is 12.3 Å². The van der Waals surface area contributed by atoms with Gasteiger partial charge in [0.2, 0.25) is 0 Å². The molecule has 0 saturated heterocycles. The van der Waals surface area contributed by atoms with Crippen LogP contribution in [0.1, 0.15) is 37.3 Å². The highest BCUT2D eigenvalue weighted by Gasteiger charge is 2.09. The van der Waals surface area contributed by atoms with E-state index in [-0.39, 0.29) is 0 Å². The summed E-state index contributed by atoms with van der Waals surface area (Å²) in [7, 11) is 0. The van der Waals surface area contributed by atoms with Gasteiger partial charge in [-0.3, -0.25) is 4.98 Å². The third-order valence-corrected chi connectivity index (χ3v) is 2.32. The summed E-state index contributed by atoms with van der Waals surface area (Å²) < 4.78 is 0. The lowest BCUT2D eigenvalue weighted by atomic mass is 9.97. The van der Waals surface area contributed by atoms with Crippen molar-refractivity contribution >= 4 is 5.69 Å². The Kier molecular flexibility index (Phi) is 2.92. The Bertz CT molecular complexity index is 336. The quantitative estimate of drug-likeness (QED) is 0.698. The number of hydrogen-bond donors (Lipinski definition) is 1. The molecule has 0 radical (unpaired) electrons. The molecule has 0 aliphatic rings. The second-order valence-electron chi connectivity index (χ2n) is 3.14. The molecule has 1 heterocycles. The Labute approximate surface area is 79.2 Å². The molecular weight excluding hydrogens is 160 g/mol. The van der Waals surface area contributed by atoms with Crippen molar-refractivity contribution < 1.29 is 0 Å². The summed E-state index contributed by atoms with van der Waals surface area (Å²) in [5.41, 5.74) is 8.33. The highest BCUT2D eigenvalue weighted by Crippen LogP contribution is 2.25. The maximum Gasteiger partial charge on any atom is 0.0658 e. The second-order valence-corrected chi connectivity index (χ2v) is 3.14. The molecule has 1 rings (SSSR count). The maximum atomic E-state index is 5.89. The minimum Gasteiger partial charge on any atom is -0.397 e. The largest absolute Gasteiger partial charge is 0.397 e. The molecule has 0 saturated carbocycles. The summed E-state index contributed by atoms with van der Waals surface area (Å²) in [6.45, 7) is 4.24. The first-order chi connectivity index (χ1) is 6.20. The molecule has 1 atom stereocenters. The Morgan fingerprint density at radius 2 is 2.31 bits per heavy atom. The Morgan fingerprint density at radius 3 is 2.85 bits per heavy atom. The topological polar surface area (TPSA) is 38.9 Å². The first kappa shape index (κ1) is 9.60. The van der Waals surface area contributed by atoms with E-state index in [0.717, 1.165) is 12.0 Å². The summed E-state index contributed by atoms with van der Waals surface area (Å²) >= 11 is 0. The molecule has 0 bridgehead atoms. The van der Waals surface area contributed by atoms with Gasteiger partial charge in [0.15, 0.2) is 0 Å². The molecule has 13 heavy (non-hydrogen) atoms. The van der Waals surface area contributed by atoms with Crippen LogP contribution in [0.15, 0.2) is 12.4 Å². The van der Waals surface area contributed by atoms with E-state index in [4.69, 9.17) is 12.2 Å².